The molecule has 0 aromatic heterocycles. The van der Waals surface area contributed by atoms with Crippen molar-refractivity contribution in [2.75, 3.05) is 6.61 Å². The van der Waals surface area contributed by atoms with E-state index in [0.29, 0.717) is 12.2 Å². The van der Waals surface area contributed by atoms with Gasteiger partial charge in [0, 0.05) is 5.56 Å². The largest absolute Gasteiger partial charge is 0.493 e. The summed E-state index contributed by atoms with van der Waals surface area (Å²) in [5, 5.41) is 0. The topological polar surface area (TPSA) is 35.5 Å². The summed E-state index contributed by atoms with van der Waals surface area (Å²) in [6.07, 6.45) is 1.78. The highest BCUT2D eigenvalue weighted by Crippen LogP contribution is 2.28. The SMILES string of the molecule is C=Cc1ccc(-c2ccc(C(=O)OC(C)(C)C)cc2)cc1OCC. The van der Waals surface area contributed by atoms with Crippen LogP contribution < -0.4 is 4.74 Å². The molecule has 2 aromatic rings. The number of rotatable bonds is 5. The molecule has 0 aliphatic heterocycles. The molecule has 0 N–H and O–H groups in total. The molecule has 24 heavy (non-hydrogen) atoms. The third-order valence-corrected chi connectivity index (χ3v) is 3.39. The zero-order valence-electron chi connectivity index (χ0n) is 14.8. The number of hydrogen-bond donors (Lipinski definition) is 0. The van der Waals surface area contributed by atoms with Crippen LogP contribution in [0.5, 0.6) is 5.75 Å². The van der Waals surface area contributed by atoms with Gasteiger partial charge in [0.25, 0.3) is 0 Å². The summed E-state index contributed by atoms with van der Waals surface area (Å²) in [6, 6.07) is 13.4. The number of ether oxygens (including phenoxy) is 2. The Morgan fingerprint density at radius 1 is 1.08 bits per heavy atom. The standard InChI is InChI=1S/C21H24O3/c1-6-15-8-13-18(14-19(15)23-7-2)16-9-11-17(12-10-16)20(22)24-21(3,4)5/h6,8-14H,1,7H2,2-5H3. The van der Waals surface area contributed by atoms with Crippen LogP contribution in [0.4, 0.5) is 0 Å². The van der Waals surface area contributed by atoms with Crippen molar-refractivity contribution in [3.63, 3.8) is 0 Å². The molecule has 2 aromatic carbocycles. The average molecular weight is 324 g/mol. The Hall–Kier alpha value is -2.55. The van der Waals surface area contributed by atoms with E-state index in [-0.39, 0.29) is 5.97 Å². The summed E-state index contributed by atoms with van der Waals surface area (Å²) in [7, 11) is 0. The van der Waals surface area contributed by atoms with E-state index in [4.69, 9.17) is 9.47 Å². The van der Waals surface area contributed by atoms with Gasteiger partial charge in [-0.15, -0.1) is 0 Å². The lowest BCUT2D eigenvalue weighted by atomic mass is 10.0. The van der Waals surface area contributed by atoms with Crippen LogP contribution >= 0.6 is 0 Å². The minimum absolute atomic E-state index is 0.314. The van der Waals surface area contributed by atoms with Crippen molar-refractivity contribution in [3.8, 4) is 16.9 Å². The molecule has 0 unspecified atom stereocenters. The second-order valence-corrected chi connectivity index (χ2v) is 6.47. The molecule has 0 atom stereocenters. The van der Waals surface area contributed by atoms with Gasteiger partial charge in [-0.2, -0.15) is 0 Å². The smallest absolute Gasteiger partial charge is 0.338 e. The maximum Gasteiger partial charge on any atom is 0.338 e. The van der Waals surface area contributed by atoms with Crippen LogP contribution in [0.25, 0.3) is 17.2 Å². The first-order chi connectivity index (χ1) is 11.3. The highest BCUT2D eigenvalue weighted by atomic mass is 16.6. The first kappa shape index (κ1) is 17.8. The lowest BCUT2D eigenvalue weighted by molar-refractivity contribution is 0.00695. The molecule has 0 saturated carbocycles. The Labute approximate surface area is 143 Å². The van der Waals surface area contributed by atoms with Crippen LogP contribution in [0.3, 0.4) is 0 Å². The van der Waals surface area contributed by atoms with Gasteiger partial charge in [0.2, 0.25) is 0 Å². The second-order valence-electron chi connectivity index (χ2n) is 6.47. The molecule has 0 bridgehead atoms. The minimum Gasteiger partial charge on any atom is -0.493 e. The zero-order valence-corrected chi connectivity index (χ0v) is 14.8. The van der Waals surface area contributed by atoms with E-state index in [1.807, 2.05) is 58.0 Å². The van der Waals surface area contributed by atoms with Crippen LogP contribution in [-0.2, 0) is 4.74 Å². The van der Waals surface area contributed by atoms with E-state index >= 15 is 0 Å². The molecule has 0 aliphatic rings. The van der Waals surface area contributed by atoms with Gasteiger partial charge in [-0.05, 0) is 57.0 Å². The van der Waals surface area contributed by atoms with Crippen LogP contribution in [0.15, 0.2) is 49.0 Å². The van der Waals surface area contributed by atoms with Crippen molar-refractivity contribution >= 4 is 12.0 Å². The molecular weight excluding hydrogens is 300 g/mol. The van der Waals surface area contributed by atoms with Gasteiger partial charge in [0.1, 0.15) is 11.4 Å². The van der Waals surface area contributed by atoms with Crippen molar-refractivity contribution in [2.45, 2.75) is 33.3 Å². The van der Waals surface area contributed by atoms with E-state index in [2.05, 4.69) is 6.58 Å². The maximum atomic E-state index is 12.1. The summed E-state index contributed by atoms with van der Waals surface area (Å²) in [6.45, 7) is 11.9. The summed E-state index contributed by atoms with van der Waals surface area (Å²) in [5.74, 6) is 0.493. The third kappa shape index (κ3) is 4.48. The quantitative estimate of drug-likeness (QED) is 0.695. The van der Waals surface area contributed by atoms with Gasteiger partial charge in [0.05, 0.1) is 12.2 Å². The van der Waals surface area contributed by atoms with E-state index in [1.165, 1.54) is 0 Å². The van der Waals surface area contributed by atoms with Gasteiger partial charge in [-0.25, -0.2) is 4.79 Å². The molecule has 0 saturated heterocycles. The van der Waals surface area contributed by atoms with Gasteiger partial charge >= 0.3 is 5.97 Å². The number of carbonyl (C=O) groups is 1. The van der Waals surface area contributed by atoms with E-state index in [1.54, 1.807) is 18.2 Å². The normalized spacial score (nSPS) is 11.0. The molecule has 0 heterocycles. The number of carbonyl (C=O) groups excluding carboxylic acids is 1. The Morgan fingerprint density at radius 2 is 1.71 bits per heavy atom. The first-order valence-electron chi connectivity index (χ1n) is 8.07. The van der Waals surface area contributed by atoms with E-state index in [0.717, 1.165) is 22.4 Å². The van der Waals surface area contributed by atoms with Crippen LogP contribution in [0.1, 0.15) is 43.6 Å². The molecule has 0 radical (unpaired) electrons. The van der Waals surface area contributed by atoms with Gasteiger partial charge in [-0.1, -0.05) is 36.9 Å². The van der Waals surface area contributed by atoms with Gasteiger partial charge in [-0.3, -0.25) is 0 Å². The fourth-order valence-electron chi connectivity index (χ4n) is 2.30. The lowest BCUT2D eigenvalue weighted by Gasteiger charge is -2.19. The zero-order chi connectivity index (χ0) is 17.7. The van der Waals surface area contributed by atoms with Gasteiger partial charge in [0.15, 0.2) is 0 Å². The van der Waals surface area contributed by atoms with E-state index in [9.17, 15) is 4.79 Å². The number of esters is 1. The molecule has 0 amide bonds. The summed E-state index contributed by atoms with van der Waals surface area (Å²) in [5.41, 5.74) is 3.05. The summed E-state index contributed by atoms with van der Waals surface area (Å²) in [4.78, 5) is 12.1. The number of hydrogen-bond acceptors (Lipinski definition) is 3. The summed E-state index contributed by atoms with van der Waals surface area (Å²) >= 11 is 0. The fourth-order valence-corrected chi connectivity index (χ4v) is 2.30. The third-order valence-electron chi connectivity index (χ3n) is 3.39. The lowest BCUT2D eigenvalue weighted by Crippen LogP contribution is -2.23. The van der Waals surface area contributed by atoms with Gasteiger partial charge < -0.3 is 9.47 Å². The van der Waals surface area contributed by atoms with Crippen LogP contribution in [-0.4, -0.2) is 18.2 Å². The second kappa shape index (κ2) is 7.35. The van der Waals surface area contributed by atoms with Crippen LogP contribution in [0, 0.1) is 0 Å². The predicted molar refractivity (Wildman–Crippen MR) is 98.3 cm³/mol. The molecule has 0 spiro atoms. The molecule has 2 rings (SSSR count). The predicted octanol–water partition coefficient (Wildman–Crippen LogP) is 5.35. The Morgan fingerprint density at radius 3 is 2.25 bits per heavy atom. The fraction of sp³-hybridized carbons (Fsp3) is 0.286. The Balaban J connectivity index is 2.26. The molecule has 3 nitrogen and oxygen atoms in total. The minimum atomic E-state index is -0.497. The van der Waals surface area contributed by atoms with E-state index < -0.39 is 5.60 Å². The maximum absolute atomic E-state index is 12.1. The van der Waals surface area contributed by atoms with Crippen molar-refractivity contribution in [1.29, 1.82) is 0 Å². The monoisotopic (exact) mass is 324 g/mol. The average Bonchev–Trinajstić information content (AvgIpc) is 2.54. The molecule has 0 aliphatic carbocycles. The van der Waals surface area contributed by atoms with Crippen molar-refractivity contribution in [3.05, 3.63) is 60.2 Å². The highest BCUT2D eigenvalue weighted by Gasteiger charge is 2.17. The van der Waals surface area contributed by atoms with Crippen molar-refractivity contribution in [1.82, 2.24) is 0 Å². The summed E-state index contributed by atoms with van der Waals surface area (Å²) < 4.78 is 11.0. The van der Waals surface area contributed by atoms with Crippen LogP contribution in [0.2, 0.25) is 0 Å². The molecule has 3 heteroatoms. The Kier molecular flexibility index (Phi) is 5.45. The van der Waals surface area contributed by atoms with Crippen molar-refractivity contribution < 1.29 is 14.3 Å². The van der Waals surface area contributed by atoms with Crippen molar-refractivity contribution in [2.24, 2.45) is 0 Å². The molecule has 0 fully saturated rings. The molecule has 126 valence electrons. The number of benzene rings is 2. The first-order valence-corrected chi connectivity index (χ1v) is 8.07. The Bertz CT molecular complexity index is 722. The highest BCUT2D eigenvalue weighted by molar-refractivity contribution is 5.90. The molecular formula is C21H24O3.